The third-order valence-corrected chi connectivity index (χ3v) is 4.01. The van der Waals surface area contributed by atoms with Crippen LogP contribution in [-0.2, 0) is 6.42 Å². The molecule has 1 unspecified atom stereocenters. The largest absolute Gasteiger partial charge is 0.309 e. The Labute approximate surface area is 119 Å². The number of pyridine rings is 1. The molecule has 0 amide bonds. The average molecular weight is 275 g/mol. The first-order valence-electron chi connectivity index (χ1n) is 6.89. The van der Waals surface area contributed by atoms with E-state index in [1.54, 1.807) is 11.3 Å². The topological polar surface area (TPSA) is 37.8 Å². The van der Waals surface area contributed by atoms with Gasteiger partial charge in [0.25, 0.3) is 0 Å². The Hall–Kier alpha value is -1.26. The third-order valence-electron chi connectivity index (χ3n) is 3.14. The second-order valence-corrected chi connectivity index (χ2v) is 5.48. The van der Waals surface area contributed by atoms with E-state index in [4.69, 9.17) is 4.98 Å². The van der Waals surface area contributed by atoms with E-state index in [1.165, 1.54) is 5.56 Å². The summed E-state index contributed by atoms with van der Waals surface area (Å²) in [4.78, 5) is 9.22. The van der Waals surface area contributed by atoms with Crippen LogP contribution in [0.15, 0.2) is 23.7 Å². The van der Waals surface area contributed by atoms with Crippen molar-refractivity contribution in [1.29, 1.82) is 0 Å². The van der Waals surface area contributed by atoms with Gasteiger partial charge >= 0.3 is 0 Å². The fraction of sp³-hybridized carbons (Fsp3) is 0.467. The highest BCUT2D eigenvalue weighted by Gasteiger charge is 2.13. The molecule has 4 heteroatoms. The number of nitrogens with zero attached hydrogens (tertiary/aromatic N) is 2. The summed E-state index contributed by atoms with van der Waals surface area (Å²) in [5.41, 5.74) is 3.41. The van der Waals surface area contributed by atoms with E-state index in [9.17, 15) is 0 Å². The fourth-order valence-electron chi connectivity index (χ4n) is 1.98. The van der Waals surface area contributed by atoms with Crippen molar-refractivity contribution in [3.8, 4) is 10.7 Å². The van der Waals surface area contributed by atoms with Crippen LogP contribution >= 0.6 is 11.3 Å². The maximum absolute atomic E-state index is 4.74. The van der Waals surface area contributed by atoms with E-state index >= 15 is 0 Å². The summed E-state index contributed by atoms with van der Waals surface area (Å²) in [5.74, 6) is 0. The van der Waals surface area contributed by atoms with Crippen molar-refractivity contribution in [2.45, 2.75) is 39.7 Å². The molecule has 2 aromatic heterocycles. The molecule has 0 radical (unpaired) electrons. The highest BCUT2D eigenvalue weighted by Crippen LogP contribution is 2.27. The molecular formula is C15H21N3S. The van der Waals surface area contributed by atoms with Gasteiger partial charge in [-0.1, -0.05) is 19.9 Å². The van der Waals surface area contributed by atoms with Crippen molar-refractivity contribution in [1.82, 2.24) is 15.3 Å². The van der Waals surface area contributed by atoms with Crippen LogP contribution in [0, 0.1) is 0 Å². The third kappa shape index (κ3) is 3.39. The number of aryl methyl sites for hydroxylation is 1. The molecule has 1 atom stereocenters. The Bertz CT molecular complexity index is 522. The Morgan fingerprint density at radius 3 is 2.95 bits per heavy atom. The van der Waals surface area contributed by atoms with Crippen molar-refractivity contribution in [2.24, 2.45) is 0 Å². The van der Waals surface area contributed by atoms with Crippen LogP contribution in [0.4, 0.5) is 0 Å². The summed E-state index contributed by atoms with van der Waals surface area (Å²) >= 11 is 1.68. The zero-order valence-electron chi connectivity index (χ0n) is 11.8. The smallest absolute Gasteiger partial charge is 0.142 e. The van der Waals surface area contributed by atoms with Crippen LogP contribution < -0.4 is 5.32 Å². The predicted molar refractivity (Wildman–Crippen MR) is 81.4 cm³/mol. The van der Waals surface area contributed by atoms with Crippen molar-refractivity contribution >= 4 is 11.3 Å². The van der Waals surface area contributed by atoms with E-state index in [0.29, 0.717) is 6.04 Å². The zero-order chi connectivity index (χ0) is 13.7. The van der Waals surface area contributed by atoms with Gasteiger partial charge in [-0.25, -0.2) is 4.98 Å². The molecule has 0 aliphatic rings. The standard InChI is InChI=1S/C15H21N3S/c1-4-8-16-11(3)13-10-19-15(18-13)14-12(5-2)7-6-9-17-14/h6-7,9-11,16H,4-5,8H2,1-3H3. The minimum absolute atomic E-state index is 0.304. The minimum Gasteiger partial charge on any atom is -0.309 e. The molecule has 19 heavy (non-hydrogen) atoms. The van der Waals surface area contributed by atoms with Crippen LogP contribution in [0.3, 0.4) is 0 Å². The summed E-state index contributed by atoms with van der Waals surface area (Å²) < 4.78 is 0. The Morgan fingerprint density at radius 2 is 2.21 bits per heavy atom. The van der Waals surface area contributed by atoms with Gasteiger partial charge in [0.05, 0.1) is 5.69 Å². The van der Waals surface area contributed by atoms with E-state index in [1.807, 2.05) is 12.3 Å². The van der Waals surface area contributed by atoms with Crippen molar-refractivity contribution in [3.05, 3.63) is 35.0 Å². The van der Waals surface area contributed by atoms with Gasteiger partial charge < -0.3 is 5.32 Å². The van der Waals surface area contributed by atoms with Gasteiger partial charge in [-0.05, 0) is 37.9 Å². The number of thiazole rings is 1. The molecule has 2 rings (SSSR count). The summed E-state index contributed by atoms with van der Waals surface area (Å²) in [6.45, 7) is 7.51. The minimum atomic E-state index is 0.304. The summed E-state index contributed by atoms with van der Waals surface area (Å²) in [6.07, 6.45) is 3.97. The SMILES string of the molecule is CCCNC(C)c1csc(-c2ncccc2CC)n1. The van der Waals surface area contributed by atoms with Crippen molar-refractivity contribution < 1.29 is 0 Å². The van der Waals surface area contributed by atoms with Crippen molar-refractivity contribution in [3.63, 3.8) is 0 Å². The highest BCUT2D eigenvalue weighted by molar-refractivity contribution is 7.13. The first kappa shape index (κ1) is 14.2. The number of rotatable bonds is 6. The molecule has 0 saturated carbocycles. The Balaban J connectivity index is 2.20. The lowest BCUT2D eigenvalue weighted by Crippen LogP contribution is -2.19. The number of hydrogen-bond donors (Lipinski definition) is 1. The molecule has 0 aromatic carbocycles. The second kappa shape index (κ2) is 6.78. The monoisotopic (exact) mass is 275 g/mol. The lowest BCUT2D eigenvalue weighted by Gasteiger charge is -2.09. The van der Waals surface area contributed by atoms with E-state index in [-0.39, 0.29) is 0 Å². The summed E-state index contributed by atoms with van der Waals surface area (Å²) in [5, 5.41) is 6.63. The second-order valence-electron chi connectivity index (χ2n) is 4.62. The molecule has 2 heterocycles. The maximum Gasteiger partial charge on any atom is 0.142 e. The van der Waals surface area contributed by atoms with E-state index in [0.717, 1.165) is 35.8 Å². The molecule has 3 nitrogen and oxygen atoms in total. The summed E-state index contributed by atoms with van der Waals surface area (Å²) in [7, 11) is 0. The van der Waals surface area contributed by atoms with Gasteiger partial charge in [0.2, 0.25) is 0 Å². The van der Waals surface area contributed by atoms with Crippen LogP contribution in [-0.4, -0.2) is 16.5 Å². The number of nitrogens with one attached hydrogen (secondary N) is 1. The molecule has 0 fully saturated rings. The molecule has 0 aliphatic carbocycles. The Morgan fingerprint density at radius 1 is 1.37 bits per heavy atom. The predicted octanol–water partition coefficient (Wildman–Crippen LogP) is 3.83. The van der Waals surface area contributed by atoms with Crippen LogP contribution in [0.2, 0.25) is 0 Å². The maximum atomic E-state index is 4.74. The van der Waals surface area contributed by atoms with Gasteiger partial charge in [0, 0.05) is 17.6 Å². The van der Waals surface area contributed by atoms with Crippen LogP contribution in [0.5, 0.6) is 0 Å². The quantitative estimate of drug-likeness (QED) is 0.870. The van der Waals surface area contributed by atoms with Gasteiger partial charge in [-0.3, -0.25) is 4.98 Å². The molecule has 102 valence electrons. The van der Waals surface area contributed by atoms with Gasteiger partial charge in [-0.15, -0.1) is 11.3 Å². The molecule has 2 aromatic rings. The van der Waals surface area contributed by atoms with Gasteiger partial charge in [0.15, 0.2) is 0 Å². The van der Waals surface area contributed by atoms with Gasteiger partial charge in [0.1, 0.15) is 10.7 Å². The zero-order valence-corrected chi connectivity index (χ0v) is 12.6. The lowest BCUT2D eigenvalue weighted by atomic mass is 10.1. The van der Waals surface area contributed by atoms with E-state index in [2.05, 4.69) is 42.5 Å². The molecule has 0 saturated heterocycles. The fourth-order valence-corrected chi connectivity index (χ4v) is 2.92. The lowest BCUT2D eigenvalue weighted by molar-refractivity contribution is 0.561. The van der Waals surface area contributed by atoms with Crippen molar-refractivity contribution in [2.75, 3.05) is 6.54 Å². The summed E-state index contributed by atoms with van der Waals surface area (Å²) in [6, 6.07) is 4.42. The number of hydrogen-bond acceptors (Lipinski definition) is 4. The van der Waals surface area contributed by atoms with Gasteiger partial charge in [-0.2, -0.15) is 0 Å². The first-order valence-corrected chi connectivity index (χ1v) is 7.77. The average Bonchev–Trinajstić information content (AvgIpc) is 2.94. The molecule has 0 bridgehead atoms. The molecular weight excluding hydrogens is 254 g/mol. The highest BCUT2D eigenvalue weighted by atomic mass is 32.1. The molecule has 1 N–H and O–H groups in total. The van der Waals surface area contributed by atoms with Crippen LogP contribution in [0.1, 0.15) is 44.5 Å². The molecule has 0 spiro atoms. The molecule has 0 aliphatic heterocycles. The van der Waals surface area contributed by atoms with E-state index < -0.39 is 0 Å². The van der Waals surface area contributed by atoms with Crippen LogP contribution in [0.25, 0.3) is 10.7 Å². The normalized spacial score (nSPS) is 12.6. The number of aromatic nitrogens is 2. The Kier molecular flexibility index (Phi) is 5.05. The first-order chi connectivity index (χ1) is 9.26.